The summed E-state index contributed by atoms with van der Waals surface area (Å²) in [5.74, 6) is 1.08. The van der Waals surface area contributed by atoms with Crippen LogP contribution < -0.4 is 16.2 Å². The molecule has 1 atom stereocenters. The first kappa shape index (κ1) is 25.0. The van der Waals surface area contributed by atoms with Gasteiger partial charge in [-0.1, -0.05) is 30.3 Å². The number of aromatic nitrogens is 7. The number of anilines is 3. The SMILES string of the molecule is CCn1[nH]c(=O)c2ccc(Nc3ncc(-c4nnc(C(C)(C)O)o4)c(N[C@H](CO)c4ccccc4)n3)nc21. The minimum Gasteiger partial charge on any atom is -0.417 e. The molecular weight excluding hydrogens is 490 g/mol. The number of aromatic amines is 1. The molecule has 0 saturated carbocycles. The Kier molecular flexibility index (Phi) is 6.61. The van der Waals surface area contributed by atoms with Crippen molar-refractivity contribution in [3.63, 3.8) is 0 Å². The maximum Gasteiger partial charge on any atom is 0.273 e. The number of hydrogen-bond donors (Lipinski definition) is 5. The summed E-state index contributed by atoms with van der Waals surface area (Å²) in [6.07, 6.45) is 1.50. The first-order valence-electron chi connectivity index (χ1n) is 12.0. The molecule has 4 heterocycles. The molecule has 0 saturated heterocycles. The number of hydrogen-bond acceptors (Lipinski definition) is 11. The number of pyridine rings is 1. The number of nitrogens with zero attached hydrogens (tertiary/aromatic N) is 6. The summed E-state index contributed by atoms with van der Waals surface area (Å²) in [6.45, 7) is 5.32. The van der Waals surface area contributed by atoms with Gasteiger partial charge in [0.15, 0.2) is 5.65 Å². The van der Waals surface area contributed by atoms with Crippen LogP contribution in [0.3, 0.4) is 0 Å². The topological polar surface area (TPSA) is 180 Å². The van der Waals surface area contributed by atoms with Crippen LogP contribution >= 0.6 is 0 Å². The lowest BCUT2D eigenvalue weighted by molar-refractivity contribution is 0.0488. The van der Waals surface area contributed by atoms with Crippen LogP contribution in [-0.4, -0.2) is 51.7 Å². The number of aliphatic hydroxyl groups excluding tert-OH is 1. The van der Waals surface area contributed by atoms with Crippen molar-refractivity contribution in [2.24, 2.45) is 0 Å². The van der Waals surface area contributed by atoms with Crippen molar-refractivity contribution >= 4 is 28.6 Å². The molecule has 0 aliphatic carbocycles. The third-order valence-corrected chi connectivity index (χ3v) is 5.83. The second-order valence-corrected chi connectivity index (χ2v) is 9.10. The van der Waals surface area contributed by atoms with Gasteiger partial charge in [0, 0.05) is 12.7 Å². The second-order valence-electron chi connectivity index (χ2n) is 9.10. The predicted octanol–water partition coefficient (Wildman–Crippen LogP) is 2.70. The number of H-pyrrole nitrogens is 1. The van der Waals surface area contributed by atoms with Gasteiger partial charge in [-0.15, -0.1) is 10.2 Å². The molecule has 0 spiro atoms. The summed E-state index contributed by atoms with van der Waals surface area (Å²) >= 11 is 0. The van der Waals surface area contributed by atoms with Gasteiger partial charge in [0.1, 0.15) is 17.2 Å². The summed E-state index contributed by atoms with van der Waals surface area (Å²) < 4.78 is 7.36. The molecule has 1 aromatic carbocycles. The molecule has 5 N–H and O–H groups in total. The molecule has 5 aromatic rings. The smallest absolute Gasteiger partial charge is 0.273 e. The highest BCUT2D eigenvalue weighted by molar-refractivity contribution is 5.77. The van der Waals surface area contributed by atoms with Gasteiger partial charge in [-0.2, -0.15) is 4.98 Å². The quantitative estimate of drug-likeness (QED) is 0.194. The van der Waals surface area contributed by atoms with E-state index < -0.39 is 11.6 Å². The molecule has 38 heavy (non-hydrogen) atoms. The van der Waals surface area contributed by atoms with Gasteiger partial charge in [-0.3, -0.25) is 14.6 Å². The third-order valence-electron chi connectivity index (χ3n) is 5.83. The molecule has 0 amide bonds. The molecule has 0 bridgehead atoms. The zero-order chi connectivity index (χ0) is 26.9. The van der Waals surface area contributed by atoms with Crippen molar-refractivity contribution in [2.45, 2.75) is 39.0 Å². The largest absolute Gasteiger partial charge is 0.417 e. The van der Waals surface area contributed by atoms with Crippen LogP contribution in [0.15, 0.2) is 57.9 Å². The molecule has 0 aliphatic heterocycles. The van der Waals surface area contributed by atoms with Crippen molar-refractivity contribution < 1.29 is 14.6 Å². The van der Waals surface area contributed by atoms with Crippen LogP contribution in [0.25, 0.3) is 22.5 Å². The Morgan fingerprint density at radius 2 is 1.92 bits per heavy atom. The molecule has 0 unspecified atom stereocenters. The Balaban J connectivity index is 1.53. The standard InChI is InChI=1S/C25H27N9O4/c1-4-34-20-15(21(36)33-34)10-11-18(28-20)29-24-26-12-16(22-31-32-23(38-22)25(2,3)37)19(30-24)27-17(13-35)14-8-6-5-7-9-14/h5-12,17,35,37H,4,13H2,1-3H3,(H,33,36)(H2,26,27,28,29,30)/t17-/m1/s1. The number of nitrogens with one attached hydrogen (secondary N) is 3. The summed E-state index contributed by atoms with van der Waals surface area (Å²) in [5, 5.41) is 37.9. The van der Waals surface area contributed by atoms with E-state index in [1.54, 1.807) is 16.8 Å². The van der Waals surface area contributed by atoms with E-state index in [1.807, 2.05) is 37.3 Å². The van der Waals surface area contributed by atoms with E-state index in [9.17, 15) is 15.0 Å². The average Bonchev–Trinajstić information content (AvgIpc) is 3.53. The Labute approximate surface area is 216 Å². The molecule has 0 fully saturated rings. The molecule has 0 radical (unpaired) electrons. The second kappa shape index (κ2) is 10.0. The van der Waals surface area contributed by atoms with Crippen molar-refractivity contribution in [3.8, 4) is 11.5 Å². The van der Waals surface area contributed by atoms with Gasteiger partial charge in [0.2, 0.25) is 11.8 Å². The molecule has 13 heteroatoms. The van der Waals surface area contributed by atoms with E-state index in [2.05, 4.69) is 40.9 Å². The summed E-state index contributed by atoms with van der Waals surface area (Å²) in [4.78, 5) is 25.7. The maximum absolute atomic E-state index is 12.1. The first-order chi connectivity index (χ1) is 18.3. The molecule has 5 rings (SSSR count). The highest BCUT2D eigenvalue weighted by Gasteiger charge is 2.26. The van der Waals surface area contributed by atoms with Gasteiger partial charge >= 0.3 is 0 Å². The van der Waals surface area contributed by atoms with Crippen molar-refractivity contribution in [1.29, 1.82) is 0 Å². The average molecular weight is 518 g/mol. The van der Waals surface area contributed by atoms with Crippen LogP contribution in [0, 0.1) is 0 Å². The van der Waals surface area contributed by atoms with Gasteiger partial charge in [-0.05, 0) is 38.5 Å². The highest BCUT2D eigenvalue weighted by atomic mass is 16.4. The monoisotopic (exact) mass is 517 g/mol. The normalized spacial score (nSPS) is 12.6. The highest BCUT2D eigenvalue weighted by Crippen LogP contribution is 2.31. The van der Waals surface area contributed by atoms with E-state index in [1.165, 1.54) is 20.0 Å². The summed E-state index contributed by atoms with van der Waals surface area (Å²) in [6, 6.07) is 12.3. The fourth-order valence-corrected chi connectivity index (χ4v) is 3.85. The summed E-state index contributed by atoms with van der Waals surface area (Å²) in [5.41, 5.74) is 0.178. The molecular formula is C25H27N9O4. The van der Waals surface area contributed by atoms with Gasteiger partial charge in [0.05, 0.1) is 23.6 Å². The summed E-state index contributed by atoms with van der Waals surface area (Å²) in [7, 11) is 0. The fraction of sp³-hybridized carbons (Fsp3) is 0.280. The van der Waals surface area contributed by atoms with Gasteiger partial charge in [0.25, 0.3) is 11.4 Å². The number of benzene rings is 1. The number of aliphatic hydroxyl groups is 2. The van der Waals surface area contributed by atoms with E-state index in [0.717, 1.165) is 5.56 Å². The van der Waals surface area contributed by atoms with Gasteiger partial charge < -0.3 is 25.3 Å². The van der Waals surface area contributed by atoms with E-state index in [0.29, 0.717) is 34.8 Å². The van der Waals surface area contributed by atoms with Crippen molar-refractivity contribution in [3.05, 3.63) is 70.5 Å². The van der Waals surface area contributed by atoms with Crippen LogP contribution in [0.4, 0.5) is 17.6 Å². The number of aryl methyl sites for hydroxylation is 1. The lowest BCUT2D eigenvalue weighted by Crippen LogP contribution is -2.17. The predicted molar refractivity (Wildman–Crippen MR) is 140 cm³/mol. The first-order valence-corrected chi connectivity index (χ1v) is 12.0. The fourth-order valence-electron chi connectivity index (χ4n) is 3.85. The lowest BCUT2D eigenvalue weighted by Gasteiger charge is -2.19. The zero-order valence-electron chi connectivity index (χ0n) is 21.0. The third kappa shape index (κ3) is 4.96. The molecule has 0 aliphatic rings. The van der Waals surface area contributed by atoms with Crippen molar-refractivity contribution in [2.75, 3.05) is 17.2 Å². The minimum atomic E-state index is -1.33. The van der Waals surface area contributed by atoms with Crippen LogP contribution in [-0.2, 0) is 12.1 Å². The van der Waals surface area contributed by atoms with Crippen LogP contribution in [0.5, 0.6) is 0 Å². The van der Waals surface area contributed by atoms with Crippen LogP contribution in [0.1, 0.15) is 38.3 Å². The molecule has 13 nitrogen and oxygen atoms in total. The van der Waals surface area contributed by atoms with E-state index >= 15 is 0 Å². The van der Waals surface area contributed by atoms with Gasteiger partial charge in [-0.25, -0.2) is 9.97 Å². The van der Waals surface area contributed by atoms with E-state index in [-0.39, 0.29) is 29.9 Å². The Morgan fingerprint density at radius 3 is 2.61 bits per heavy atom. The minimum absolute atomic E-state index is 0.0356. The molecule has 4 aromatic heterocycles. The molecule has 196 valence electrons. The van der Waals surface area contributed by atoms with Crippen molar-refractivity contribution in [1.82, 2.24) is 34.9 Å². The number of fused-ring (bicyclic) bond motifs is 1. The lowest BCUT2D eigenvalue weighted by atomic mass is 10.1. The zero-order valence-corrected chi connectivity index (χ0v) is 21.0. The van der Waals surface area contributed by atoms with E-state index in [4.69, 9.17) is 4.42 Å². The van der Waals surface area contributed by atoms with Crippen LogP contribution in [0.2, 0.25) is 0 Å². The Hall–Kier alpha value is -4.62. The maximum atomic E-state index is 12.1. The Bertz CT molecular complexity index is 1620. The Morgan fingerprint density at radius 1 is 1.13 bits per heavy atom. The number of rotatable bonds is 9.